The topological polar surface area (TPSA) is 119 Å². The van der Waals surface area contributed by atoms with Gasteiger partial charge in [0.1, 0.15) is 6.04 Å². The molecule has 1 rings (SSSR count). The van der Waals surface area contributed by atoms with E-state index in [2.05, 4.69) is 15.5 Å². The van der Waals surface area contributed by atoms with Gasteiger partial charge in [-0.1, -0.05) is 0 Å². The normalized spacial score (nSPS) is 18.2. The molecule has 1 saturated heterocycles. The van der Waals surface area contributed by atoms with Crippen LogP contribution in [0.3, 0.4) is 0 Å². The molecule has 0 bridgehead atoms. The molecule has 0 saturated carbocycles. The molecular weight excluding hydrogens is 266 g/mol. The fourth-order valence-electron chi connectivity index (χ4n) is 2.20. The number of aliphatic carboxylic acids is 2. The maximum atomic E-state index is 11.6. The molecule has 114 valence electrons. The molecule has 0 aliphatic carbocycles. The average Bonchev–Trinajstić information content (AvgIpc) is 2.79. The van der Waals surface area contributed by atoms with Crippen molar-refractivity contribution in [1.29, 1.82) is 0 Å². The van der Waals surface area contributed by atoms with Crippen LogP contribution in [0.25, 0.3) is 0 Å². The Hall–Kier alpha value is -1.83. The molecule has 0 spiro atoms. The van der Waals surface area contributed by atoms with Crippen LogP contribution in [-0.2, 0) is 9.59 Å². The van der Waals surface area contributed by atoms with E-state index in [4.69, 9.17) is 10.2 Å². The van der Waals surface area contributed by atoms with Gasteiger partial charge in [0, 0.05) is 12.6 Å². The number of hydrogen-bond donors (Lipinski definition) is 4. The lowest BCUT2D eigenvalue weighted by Crippen LogP contribution is -2.51. The Balaban J connectivity index is 2.36. The largest absolute Gasteiger partial charge is 0.481 e. The number of carboxylic acids is 2. The van der Waals surface area contributed by atoms with Crippen LogP contribution >= 0.6 is 0 Å². The zero-order valence-electron chi connectivity index (χ0n) is 11.5. The average molecular weight is 287 g/mol. The first-order chi connectivity index (χ1) is 9.38. The number of carbonyl (C=O) groups excluding carboxylic acids is 1. The van der Waals surface area contributed by atoms with Crippen LogP contribution in [0.1, 0.15) is 26.2 Å². The van der Waals surface area contributed by atoms with Crippen molar-refractivity contribution in [2.45, 2.75) is 38.3 Å². The lowest BCUT2D eigenvalue weighted by atomic mass is 10.2. The van der Waals surface area contributed by atoms with Crippen molar-refractivity contribution in [3.63, 3.8) is 0 Å². The van der Waals surface area contributed by atoms with Gasteiger partial charge in [0.25, 0.3) is 0 Å². The predicted octanol–water partition coefficient (Wildman–Crippen LogP) is -0.302. The number of nitrogens with zero attached hydrogens (tertiary/aromatic N) is 1. The Labute approximate surface area is 117 Å². The first-order valence-electron chi connectivity index (χ1n) is 6.62. The van der Waals surface area contributed by atoms with E-state index in [0.717, 1.165) is 25.9 Å². The summed E-state index contributed by atoms with van der Waals surface area (Å²) in [6, 6.07) is -2.22. The van der Waals surface area contributed by atoms with Crippen LogP contribution in [0.4, 0.5) is 4.79 Å². The fourth-order valence-corrected chi connectivity index (χ4v) is 2.20. The second kappa shape index (κ2) is 7.68. The summed E-state index contributed by atoms with van der Waals surface area (Å²) in [6.07, 6.45) is 1.65. The Kier molecular flexibility index (Phi) is 6.23. The third-order valence-electron chi connectivity index (χ3n) is 3.09. The molecule has 8 nitrogen and oxygen atoms in total. The van der Waals surface area contributed by atoms with Gasteiger partial charge in [0.2, 0.25) is 0 Å². The molecule has 1 unspecified atom stereocenters. The number of carboxylic acid groups (broad SMARTS) is 2. The van der Waals surface area contributed by atoms with Crippen LogP contribution in [-0.4, -0.2) is 64.8 Å². The first-order valence-corrected chi connectivity index (χ1v) is 6.62. The summed E-state index contributed by atoms with van der Waals surface area (Å²) >= 11 is 0. The molecule has 4 N–H and O–H groups in total. The smallest absolute Gasteiger partial charge is 0.326 e. The standard InChI is InChI=1S/C12H21N3O5/c1-8(7-15-4-2-3-5-15)13-12(20)14-9(11(18)19)6-10(16)17/h8-9H,2-7H2,1H3,(H,16,17)(H,18,19)(H2,13,14,20)/t8?,9-/m0/s1. The zero-order valence-corrected chi connectivity index (χ0v) is 11.5. The van der Waals surface area contributed by atoms with E-state index in [1.807, 2.05) is 6.92 Å². The molecular formula is C12H21N3O5. The van der Waals surface area contributed by atoms with E-state index >= 15 is 0 Å². The summed E-state index contributed by atoms with van der Waals surface area (Å²) in [5, 5.41) is 22.2. The molecule has 0 aromatic carbocycles. The lowest BCUT2D eigenvalue weighted by molar-refractivity contribution is -0.145. The molecule has 1 fully saturated rings. The van der Waals surface area contributed by atoms with Crippen LogP contribution in [0.15, 0.2) is 0 Å². The van der Waals surface area contributed by atoms with Crippen molar-refractivity contribution >= 4 is 18.0 Å². The molecule has 1 aliphatic rings. The molecule has 0 radical (unpaired) electrons. The van der Waals surface area contributed by atoms with Gasteiger partial charge in [-0.05, 0) is 32.9 Å². The SMILES string of the molecule is CC(CN1CCCC1)NC(=O)N[C@@H](CC(=O)O)C(=O)O. The Bertz CT molecular complexity index is 368. The van der Waals surface area contributed by atoms with Gasteiger partial charge < -0.3 is 25.7 Å². The van der Waals surface area contributed by atoms with E-state index in [1.54, 1.807) is 0 Å². The minimum absolute atomic E-state index is 0.132. The summed E-state index contributed by atoms with van der Waals surface area (Å²) in [6.45, 7) is 4.53. The highest BCUT2D eigenvalue weighted by Crippen LogP contribution is 2.07. The Morgan fingerprint density at radius 1 is 1.15 bits per heavy atom. The van der Waals surface area contributed by atoms with Crippen molar-refractivity contribution in [2.24, 2.45) is 0 Å². The molecule has 8 heteroatoms. The molecule has 1 heterocycles. The van der Waals surface area contributed by atoms with Crippen molar-refractivity contribution in [2.75, 3.05) is 19.6 Å². The molecule has 0 aromatic heterocycles. The monoisotopic (exact) mass is 287 g/mol. The third-order valence-corrected chi connectivity index (χ3v) is 3.09. The van der Waals surface area contributed by atoms with Gasteiger partial charge in [0.05, 0.1) is 6.42 Å². The number of carbonyl (C=O) groups is 3. The minimum atomic E-state index is -1.42. The summed E-state index contributed by atoms with van der Waals surface area (Å²) < 4.78 is 0. The molecule has 0 aromatic rings. The highest BCUT2D eigenvalue weighted by molar-refractivity contribution is 5.86. The van der Waals surface area contributed by atoms with Crippen LogP contribution < -0.4 is 10.6 Å². The third kappa shape index (κ3) is 5.87. The zero-order chi connectivity index (χ0) is 15.1. The molecule has 20 heavy (non-hydrogen) atoms. The van der Waals surface area contributed by atoms with Crippen molar-refractivity contribution in [3.05, 3.63) is 0 Å². The van der Waals surface area contributed by atoms with Gasteiger partial charge in [-0.25, -0.2) is 9.59 Å². The highest BCUT2D eigenvalue weighted by atomic mass is 16.4. The van der Waals surface area contributed by atoms with Crippen LogP contribution in [0, 0.1) is 0 Å². The summed E-state index contributed by atoms with van der Waals surface area (Å²) in [7, 11) is 0. The summed E-state index contributed by atoms with van der Waals surface area (Å²) in [5.41, 5.74) is 0. The van der Waals surface area contributed by atoms with Crippen LogP contribution in [0.5, 0.6) is 0 Å². The molecule has 1 aliphatic heterocycles. The van der Waals surface area contributed by atoms with Crippen molar-refractivity contribution in [3.8, 4) is 0 Å². The number of urea groups is 1. The molecule has 2 amide bonds. The fraction of sp³-hybridized carbons (Fsp3) is 0.750. The Morgan fingerprint density at radius 3 is 2.25 bits per heavy atom. The first kappa shape index (κ1) is 16.2. The van der Waals surface area contributed by atoms with Crippen molar-refractivity contribution < 1.29 is 24.6 Å². The highest BCUT2D eigenvalue weighted by Gasteiger charge is 2.24. The second-order valence-electron chi connectivity index (χ2n) is 5.02. The number of hydrogen-bond acceptors (Lipinski definition) is 4. The van der Waals surface area contributed by atoms with Gasteiger partial charge in [-0.2, -0.15) is 0 Å². The van der Waals surface area contributed by atoms with Gasteiger partial charge in [0.15, 0.2) is 0 Å². The van der Waals surface area contributed by atoms with E-state index in [1.165, 1.54) is 0 Å². The van der Waals surface area contributed by atoms with Gasteiger partial charge in [-0.15, -0.1) is 0 Å². The summed E-state index contributed by atoms with van der Waals surface area (Å²) in [5.74, 6) is -2.64. The number of amides is 2. The van der Waals surface area contributed by atoms with E-state index in [9.17, 15) is 14.4 Å². The maximum absolute atomic E-state index is 11.6. The quantitative estimate of drug-likeness (QED) is 0.510. The lowest BCUT2D eigenvalue weighted by Gasteiger charge is -2.22. The Morgan fingerprint density at radius 2 is 1.75 bits per heavy atom. The van der Waals surface area contributed by atoms with Crippen molar-refractivity contribution in [1.82, 2.24) is 15.5 Å². The van der Waals surface area contributed by atoms with Crippen LogP contribution in [0.2, 0.25) is 0 Å². The van der Waals surface area contributed by atoms with E-state index in [0.29, 0.717) is 6.54 Å². The van der Waals surface area contributed by atoms with E-state index in [-0.39, 0.29) is 6.04 Å². The van der Waals surface area contributed by atoms with Gasteiger partial charge in [-0.3, -0.25) is 4.79 Å². The number of rotatable bonds is 7. The number of likely N-dealkylation sites (tertiary alicyclic amines) is 1. The minimum Gasteiger partial charge on any atom is -0.481 e. The molecule has 2 atom stereocenters. The summed E-state index contributed by atoms with van der Waals surface area (Å²) in [4.78, 5) is 35.2. The second-order valence-corrected chi connectivity index (χ2v) is 5.02. The predicted molar refractivity (Wildman–Crippen MR) is 70.5 cm³/mol. The van der Waals surface area contributed by atoms with E-state index < -0.39 is 30.4 Å². The maximum Gasteiger partial charge on any atom is 0.326 e. The van der Waals surface area contributed by atoms with Gasteiger partial charge >= 0.3 is 18.0 Å². The number of nitrogens with one attached hydrogen (secondary N) is 2.